The van der Waals surface area contributed by atoms with E-state index in [0.717, 1.165) is 17.9 Å². The summed E-state index contributed by atoms with van der Waals surface area (Å²) in [6, 6.07) is 13.1. The van der Waals surface area contributed by atoms with Gasteiger partial charge >= 0.3 is 6.18 Å². The summed E-state index contributed by atoms with van der Waals surface area (Å²) < 4.78 is 95.5. The van der Waals surface area contributed by atoms with Crippen molar-refractivity contribution in [3.63, 3.8) is 0 Å². The summed E-state index contributed by atoms with van der Waals surface area (Å²) in [5.41, 5.74) is 1.41. The number of sulfone groups is 1. The Hall–Kier alpha value is -2.15. The van der Waals surface area contributed by atoms with Gasteiger partial charge in [0.05, 0.1) is 24.3 Å². The molecule has 0 amide bonds. The Bertz CT molecular complexity index is 1270. The molecule has 35 heavy (non-hydrogen) atoms. The van der Waals surface area contributed by atoms with E-state index >= 15 is 0 Å². The van der Waals surface area contributed by atoms with E-state index in [2.05, 4.69) is 10.0 Å². The summed E-state index contributed by atoms with van der Waals surface area (Å²) in [5.74, 6) is -0.428. The molecule has 2 aliphatic heterocycles. The Morgan fingerprint density at radius 3 is 2.43 bits per heavy atom. The Morgan fingerprint density at radius 1 is 1.06 bits per heavy atom. The van der Waals surface area contributed by atoms with Gasteiger partial charge in [-0.2, -0.15) is 13.2 Å². The number of rotatable bonds is 6. The van der Waals surface area contributed by atoms with E-state index in [4.69, 9.17) is 4.74 Å². The van der Waals surface area contributed by atoms with Crippen LogP contribution in [-0.4, -0.2) is 47.4 Å². The molecule has 1 fully saturated rings. The molecule has 2 N–H and O–H groups in total. The predicted octanol–water partition coefficient (Wildman–Crippen LogP) is 3.67. The highest BCUT2D eigenvalue weighted by Gasteiger charge is 2.41. The molecule has 2 heterocycles. The Labute approximate surface area is 203 Å². The molecule has 0 radical (unpaired) electrons. The molecule has 2 aromatic rings. The van der Waals surface area contributed by atoms with Crippen molar-refractivity contribution in [2.24, 2.45) is 5.92 Å². The molecule has 12 heteroatoms. The first-order chi connectivity index (χ1) is 16.3. The number of hydrogen-bond donors (Lipinski definition) is 2. The lowest BCUT2D eigenvalue weighted by Crippen LogP contribution is -2.36. The maximum Gasteiger partial charge on any atom is 0.416 e. The summed E-state index contributed by atoms with van der Waals surface area (Å²) in [4.78, 5) is 0. The lowest BCUT2D eigenvalue weighted by atomic mass is 9.73. The van der Waals surface area contributed by atoms with Gasteiger partial charge < -0.3 is 10.1 Å². The molecule has 0 aromatic heterocycles. The largest absolute Gasteiger partial charge is 0.416 e. The first kappa shape index (κ1) is 25.9. The molecule has 0 bridgehead atoms. The van der Waals surface area contributed by atoms with Gasteiger partial charge in [-0.05, 0) is 48.1 Å². The minimum atomic E-state index is -4.48. The third-order valence-electron chi connectivity index (χ3n) is 6.43. The number of benzene rings is 2. The van der Waals surface area contributed by atoms with E-state index in [9.17, 15) is 30.0 Å². The molecule has 192 valence electrons. The molecule has 0 saturated carbocycles. The van der Waals surface area contributed by atoms with Crippen molar-refractivity contribution < 1.29 is 34.7 Å². The zero-order valence-corrected chi connectivity index (χ0v) is 20.6. The molecule has 0 aliphatic carbocycles. The lowest BCUT2D eigenvalue weighted by Gasteiger charge is -2.40. The first-order valence-corrected chi connectivity index (χ1v) is 14.8. The van der Waals surface area contributed by atoms with Crippen LogP contribution >= 0.6 is 0 Å². The maximum atomic E-state index is 13.4. The normalized spacial score (nSPS) is 25.1. The highest BCUT2D eigenvalue weighted by atomic mass is 32.3. The molecular formula is C23H27F3N2O5S2. The molecule has 2 aliphatic rings. The minimum Gasteiger partial charge on any atom is -0.378 e. The number of hydrogen-bond acceptors (Lipinski definition) is 6. The van der Waals surface area contributed by atoms with Crippen molar-refractivity contribution in [3.8, 4) is 0 Å². The fourth-order valence-electron chi connectivity index (χ4n) is 4.89. The highest BCUT2D eigenvalue weighted by Crippen LogP contribution is 2.49. The molecule has 0 unspecified atom stereocenters. The molecule has 4 atom stereocenters. The van der Waals surface area contributed by atoms with Gasteiger partial charge in [-0.1, -0.05) is 30.3 Å². The van der Waals surface area contributed by atoms with Crippen LogP contribution in [0.3, 0.4) is 0 Å². The number of halogens is 3. The SMILES string of the molecule is CS(=O)(=O)CS(=O)(=O)NC[C@H]1CC[C@@H]2[C@H](CO1)c1cc(C(F)(F)F)ccc1N[C@H]2c1ccccc1. The number of ether oxygens (including phenoxy) is 1. The fraction of sp³-hybridized carbons (Fsp3) is 0.478. The number of alkyl halides is 3. The van der Waals surface area contributed by atoms with E-state index < -0.39 is 42.8 Å². The fourth-order valence-corrected chi connectivity index (χ4v) is 7.92. The van der Waals surface area contributed by atoms with E-state index in [-0.39, 0.29) is 31.0 Å². The summed E-state index contributed by atoms with van der Waals surface area (Å²) >= 11 is 0. The van der Waals surface area contributed by atoms with E-state index in [1.54, 1.807) is 0 Å². The third-order valence-corrected chi connectivity index (χ3v) is 9.99. The van der Waals surface area contributed by atoms with Gasteiger partial charge in [0.25, 0.3) is 0 Å². The van der Waals surface area contributed by atoms with E-state index in [1.807, 2.05) is 30.3 Å². The molecule has 4 rings (SSSR count). The van der Waals surface area contributed by atoms with Crippen LogP contribution < -0.4 is 10.0 Å². The maximum absolute atomic E-state index is 13.4. The smallest absolute Gasteiger partial charge is 0.378 e. The van der Waals surface area contributed by atoms with Crippen LogP contribution in [-0.2, 0) is 30.8 Å². The van der Waals surface area contributed by atoms with Crippen LogP contribution in [0.2, 0.25) is 0 Å². The minimum absolute atomic E-state index is 0.0917. The second kappa shape index (κ2) is 9.72. The molecular weight excluding hydrogens is 505 g/mol. The van der Waals surface area contributed by atoms with Gasteiger partial charge in [0.2, 0.25) is 10.0 Å². The summed E-state index contributed by atoms with van der Waals surface area (Å²) in [6.07, 6.45) is -3.15. The van der Waals surface area contributed by atoms with Crippen LogP contribution in [0, 0.1) is 5.92 Å². The van der Waals surface area contributed by atoms with Crippen LogP contribution in [0.25, 0.3) is 0 Å². The predicted molar refractivity (Wildman–Crippen MR) is 126 cm³/mol. The first-order valence-electron chi connectivity index (χ1n) is 11.1. The lowest BCUT2D eigenvalue weighted by molar-refractivity contribution is -0.137. The average molecular weight is 533 g/mol. The van der Waals surface area contributed by atoms with Gasteiger partial charge in [0, 0.05) is 24.4 Å². The third kappa shape index (κ3) is 6.35. The molecule has 1 saturated heterocycles. The number of anilines is 1. The standard InChI is InChI=1S/C23H27F3N2O5S2/c1-34(29,30)14-35(31,32)27-12-17-8-9-18-20(13-33-17)19-11-16(23(24,25)26)7-10-21(19)28-22(18)15-5-3-2-4-6-15/h2-7,10-11,17-18,20,22,27-28H,8-9,12-14H2,1H3/t17-,18-,20+,22+/m1/s1. The van der Waals surface area contributed by atoms with Crippen molar-refractivity contribution in [2.75, 3.05) is 29.8 Å². The molecule has 2 aromatic carbocycles. The number of fused-ring (bicyclic) bond motifs is 3. The average Bonchev–Trinajstić information content (AvgIpc) is 2.98. The molecule has 7 nitrogen and oxygen atoms in total. The Morgan fingerprint density at radius 2 is 1.77 bits per heavy atom. The highest BCUT2D eigenvalue weighted by molar-refractivity contribution is 8.06. The molecule has 0 spiro atoms. The zero-order chi connectivity index (χ0) is 25.4. The van der Waals surface area contributed by atoms with Gasteiger partial charge in [-0.25, -0.2) is 21.6 Å². The zero-order valence-electron chi connectivity index (χ0n) is 19.0. The van der Waals surface area contributed by atoms with Gasteiger partial charge in [0.15, 0.2) is 14.9 Å². The number of sulfonamides is 1. The van der Waals surface area contributed by atoms with Crippen LogP contribution in [0.15, 0.2) is 48.5 Å². The van der Waals surface area contributed by atoms with Crippen molar-refractivity contribution in [3.05, 3.63) is 65.2 Å². The summed E-state index contributed by atoms with van der Waals surface area (Å²) in [6.45, 7) is -0.00135. The van der Waals surface area contributed by atoms with E-state index in [1.165, 1.54) is 12.1 Å². The van der Waals surface area contributed by atoms with Crippen LogP contribution in [0.5, 0.6) is 0 Å². The van der Waals surface area contributed by atoms with Gasteiger partial charge in [-0.3, -0.25) is 0 Å². The number of nitrogens with one attached hydrogen (secondary N) is 2. The van der Waals surface area contributed by atoms with Crippen molar-refractivity contribution in [1.82, 2.24) is 4.72 Å². The summed E-state index contributed by atoms with van der Waals surface area (Å²) in [5, 5.41) is 2.39. The van der Waals surface area contributed by atoms with Crippen molar-refractivity contribution in [2.45, 2.75) is 37.1 Å². The van der Waals surface area contributed by atoms with Crippen molar-refractivity contribution >= 4 is 25.5 Å². The van der Waals surface area contributed by atoms with Crippen LogP contribution in [0.1, 0.15) is 41.5 Å². The van der Waals surface area contributed by atoms with Crippen molar-refractivity contribution in [1.29, 1.82) is 0 Å². The second-order valence-electron chi connectivity index (χ2n) is 9.14. The van der Waals surface area contributed by atoms with Gasteiger partial charge in [0.1, 0.15) is 0 Å². The van der Waals surface area contributed by atoms with Gasteiger partial charge in [-0.15, -0.1) is 0 Å². The monoisotopic (exact) mass is 532 g/mol. The Kier molecular flexibility index (Phi) is 7.20. The summed E-state index contributed by atoms with van der Waals surface area (Å²) in [7, 11) is -7.79. The quantitative estimate of drug-likeness (QED) is 0.589. The Balaban J connectivity index is 1.60. The van der Waals surface area contributed by atoms with E-state index in [0.29, 0.717) is 24.1 Å². The van der Waals surface area contributed by atoms with Crippen LogP contribution in [0.4, 0.5) is 18.9 Å². The second-order valence-corrected chi connectivity index (χ2v) is 13.5. The topological polar surface area (TPSA) is 102 Å².